The number of nitrogens with zero attached hydrogens (tertiary/aromatic N) is 4. The van der Waals surface area contributed by atoms with E-state index < -0.39 is 0 Å². The predicted octanol–water partition coefficient (Wildman–Crippen LogP) is 1.68. The zero-order chi connectivity index (χ0) is 16.1. The van der Waals surface area contributed by atoms with Crippen molar-refractivity contribution in [3.8, 4) is 0 Å². The Morgan fingerprint density at radius 2 is 2.18 bits per heavy atom. The largest absolute Gasteiger partial charge is 0.336 e. The number of piperidine rings is 1. The summed E-state index contributed by atoms with van der Waals surface area (Å²) in [6.45, 7) is 8.07. The summed E-state index contributed by atoms with van der Waals surface area (Å²) in [5.74, 6) is 0.837. The maximum atomic E-state index is 12.2. The molecule has 2 amide bonds. The summed E-state index contributed by atoms with van der Waals surface area (Å²) in [6, 6.07) is 0.365. The molecule has 2 rings (SSSR count). The van der Waals surface area contributed by atoms with Gasteiger partial charge in [-0.2, -0.15) is 5.10 Å². The Kier molecular flexibility index (Phi) is 5.83. The van der Waals surface area contributed by atoms with Gasteiger partial charge in [0.2, 0.25) is 0 Å². The van der Waals surface area contributed by atoms with Crippen molar-refractivity contribution < 1.29 is 4.79 Å². The third-order valence-corrected chi connectivity index (χ3v) is 4.52. The van der Waals surface area contributed by atoms with Crippen LogP contribution in [0.1, 0.15) is 32.3 Å². The van der Waals surface area contributed by atoms with Gasteiger partial charge in [-0.1, -0.05) is 6.92 Å². The molecule has 0 saturated carbocycles. The highest BCUT2D eigenvalue weighted by Crippen LogP contribution is 2.17. The molecule has 1 N–H and O–H groups in total. The normalized spacial score (nSPS) is 18.2. The molecule has 1 fully saturated rings. The van der Waals surface area contributed by atoms with Crippen LogP contribution in [0.3, 0.4) is 0 Å². The molecule has 1 atom stereocenters. The molecule has 0 radical (unpaired) electrons. The molecule has 1 saturated heterocycles. The molecule has 1 aromatic rings. The molecule has 124 valence electrons. The lowest BCUT2D eigenvalue weighted by molar-refractivity contribution is 0.142. The van der Waals surface area contributed by atoms with Gasteiger partial charge in [-0.15, -0.1) is 0 Å². The topological polar surface area (TPSA) is 53.4 Å². The zero-order valence-electron chi connectivity index (χ0n) is 14.2. The number of aromatic nitrogens is 2. The predicted molar refractivity (Wildman–Crippen MR) is 87.5 cm³/mol. The van der Waals surface area contributed by atoms with Crippen molar-refractivity contribution in [1.29, 1.82) is 0 Å². The number of nitrogens with one attached hydrogen (secondary N) is 1. The molecular weight excluding hydrogens is 278 g/mol. The first-order chi connectivity index (χ1) is 10.5. The minimum absolute atomic E-state index is 0.0268. The van der Waals surface area contributed by atoms with Crippen LogP contribution >= 0.6 is 0 Å². The van der Waals surface area contributed by atoms with Gasteiger partial charge in [0, 0.05) is 38.4 Å². The Balaban J connectivity index is 1.72. The minimum atomic E-state index is -0.0268. The highest BCUT2D eigenvalue weighted by molar-refractivity contribution is 5.73. The van der Waals surface area contributed by atoms with Crippen LogP contribution in [0.5, 0.6) is 0 Å². The van der Waals surface area contributed by atoms with Crippen LogP contribution in [-0.2, 0) is 13.6 Å². The summed E-state index contributed by atoms with van der Waals surface area (Å²) in [4.78, 5) is 16.3. The van der Waals surface area contributed by atoms with Crippen molar-refractivity contribution in [2.75, 3.05) is 26.7 Å². The molecule has 0 bridgehead atoms. The van der Waals surface area contributed by atoms with Crippen molar-refractivity contribution in [1.82, 2.24) is 24.9 Å². The number of rotatable bonds is 5. The number of urea groups is 1. The van der Waals surface area contributed by atoms with Gasteiger partial charge in [0.05, 0.1) is 12.7 Å². The van der Waals surface area contributed by atoms with Gasteiger partial charge in [-0.3, -0.25) is 9.58 Å². The molecule has 0 aromatic carbocycles. The van der Waals surface area contributed by atoms with E-state index in [0.29, 0.717) is 19.1 Å². The number of aryl methyl sites for hydroxylation is 1. The van der Waals surface area contributed by atoms with Crippen LogP contribution in [0.4, 0.5) is 4.79 Å². The van der Waals surface area contributed by atoms with E-state index in [1.807, 2.05) is 20.3 Å². The summed E-state index contributed by atoms with van der Waals surface area (Å²) in [5.41, 5.74) is 1.04. The Hall–Kier alpha value is -1.56. The Bertz CT molecular complexity index is 479. The standard InChI is InChI=1S/C16H29N5O/c1-13-5-7-21(8-6-13)14(2)9-17-16(22)19(3)11-15-10-18-20(4)12-15/h10,12-14H,5-9,11H2,1-4H3,(H,17,22). The van der Waals surface area contributed by atoms with Crippen molar-refractivity contribution in [2.45, 2.75) is 39.3 Å². The molecule has 0 spiro atoms. The molecule has 2 heterocycles. The van der Waals surface area contributed by atoms with E-state index >= 15 is 0 Å². The van der Waals surface area contributed by atoms with E-state index in [9.17, 15) is 4.79 Å². The van der Waals surface area contributed by atoms with Crippen molar-refractivity contribution in [3.05, 3.63) is 18.0 Å². The molecule has 6 heteroatoms. The smallest absolute Gasteiger partial charge is 0.317 e. The van der Waals surface area contributed by atoms with Crippen LogP contribution < -0.4 is 5.32 Å². The Morgan fingerprint density at radius 1 is 1.50 bits per heavy atom. The zero-order valence-corrected chi connectivity index (χ0v) is 14.2. The van der Waals surface area contributed by atoms with Crippen LogP contribution in [0.15, 0.2) is 12.4 Å². The van der Waals surface area contributed by atoms with Gasteiger partial charge in [0.1, 0.15) is 0 Å². The lowest BCUT2D eigenvalue weighted by Gasteiger charge is -2.35. The van der Waals surface area contributed by atoms with Gasteiger partial charge in [0.25, 0.3) is 0 Å². The number of likely N-dealkylation sites (tertiary alicyclic amines) is 1. The second-order valence-electron chi connectivity index (χ2n) is 6.63. The second kappa shape index (κ2) is 7.63. The van der Waals surface area contributed by atoms with Crippen molar-refractivity contribution in [2.24, 2.45) is 13.0 Å². The van der Waals surface area contributed by atoms with E-state index in [2.05, 4.69) is 29.2 Å². The average Bonchev–Trinajstić information content (AvgIpc) is 2.90. The summed E-state index contributed by atoms with van der Waals surface area (Å²) in [7, 11) is 3.69. The lowest BCUT2D eigenvalue weighted by Crippen LogP contribution is -2.47. The molecular formula is C16H29N5O. The van der Waals surface area contributed by atoms with Gasteiger partial charge in [-0.25, -0.2) is 4.79 Å². The van der Waals surface area contributed by atoms with Gasteiger partial charge >= 0.3 is 6.03 Å². The van der Waals surface area contributed by atoms with Gasteiger partial charge < -0.3 is 10.2 Å². The van der Waals surface area contributed by atoms with Crippen LogP contribution in [0.25, 0.3) is 0 Å². The highest BCUT2D eigenvalue weighted by Gasteiger charge is 2.21. The number of amides is 2. The first-order valence-electron chi connectivity index (χ1n) is 8.16. The highest BCUT2D eigenvalue weighted by atomic mass is 16.2. The fourth-order valence-electron chi connectivity index (χ4n) is 2.87. The van der Waals surface area contributed by atoms with E-state index in [0.717, 1.165) is 24.6 Å². The lowest BCUT2D eigenvalue weighted by atomic mass is 9.98. The van der Waals surface area contributed by atoms with Crippen LogP contribution in [0.2, 0.25) is 0 Å². The Labute approximate surface area is 133 Å². The summed E-state index contributed by atoms with van der Waals surface area (Å²) >= 11 is 0. The van der Waals surface area contributed by atoms with E-state index in [4.69, 9.17) is 0 Å². The summed E-state index contributed by atoms with van der Waals surface area (Å²) in [5, 5.41) is 7.16. The molecule has 1 aliphatic heterocycles. The monoisotopic (exact) mass is 307 g/mol. The molecule has 1 aromatic heterocycles. The fraction of sp³-hybridized carbons (Fsp3) is 0.750. The maximum Gasteiger partial charge on any atom is 0.317 e. The van der Waals surface area contributed by atoms with E-state index in [1.54, 1.807) is 15.8 Å². The third-order valence-electron chi connectivity index (χ3n) is 4.52. The van der Waals surface area contributed by atoms with Crippen LogP contribution in [-0.4, -0.2) is 58.3 Å². The van der Waals surface area contributed by atoms with Crippen molar-refractivity contribution in [3.63, 3.8) is 0 Å². The second-order valence-corrected chi connectivity index (χ2v) is 6.63. The van der Waals surface area contributed by atoms with E-state index in [-0.39, 0.29) is 6.03 Å². The quantitative estimate of drug-likeness (QED) is 0.900. The summed E-state index contributed by atoms with van der Waals surface area (Å²) < 4.78 is 1.75. The molecule has 0 aliphatic carbocycles. The molecule has 1 unspecified atom stereocenters. The third kappa shape index (κ3) is 4.73. The van der Waals surface area contributed by atoms with Crippen molar-refractivity contribution >= 4 is 6.03 Å². The number of hydrogen-bond donors (Lipinski definition) is 1. The fourth-order valence-corrected chi connectivity index (χ4v) is 2.87. The first-order valence-corrected chi connectivity index (χ1v) is 8.16. The minimum Gasteiger partial charge on any atom is -0.336 e. The first kappa shape index (κ1) is 16.8. The molecule has 1 aliphatic rings. The van der Waals surface area contributed by atoms with Crippen LogP contribution in [0, 0.1) is 5.92 Å². The number of carbonyl (C=O) groups excluding carboxylic acids is 1. The summed E-state index contributed by atoms with van der Waals surface area (Å²) in [6.07, 6.45) is 6.25. The maximum absolute atomic E-state index is 12.2. The molecule has 22 heavy (non-hydrogen) atoms. The number of hydrogen-bond acceptors (Lipinski definition) is 3. The number of carbonyl (C=O) groups is 1. The van der Waals surface area contributed by atoms with Gasteiger partial charge in [0.15, 0.2) is 0 Å². The molecule has 6 nitrogen and oxygen atoms in total. The Morgan fingerprint density at radius 3 is 2.77 bits per heavy atom. The van der Waals surface area contributed by atoms with Gasteiger partial charge in [-0.05, 0) is 38.8 Å². The average molecular weight is 307 g/mol. The van der Waals surface area contributed by atoms with E-state index in [1.165, 1.54) is 12.8 Å². The SMILES string of the molecule is CC1CCN(C(C)CNC(=O)N(C)Cc2cnn(C)c2)CC1.